The summed E-state index contributed by atoms with van der Waals surface area (Å²) >= 11 is 0. The van der Waals surface area contributed by atoms with Gasteiger partial charge in [-0.3, -0.25) is 15.2 Å². The summed E-state index contributed by atoms with van der Waals surface area (Å²) < 4.78 is 5.56. The summed E-state index contributed by atoms with van der Waals surface area (Å²) in [4.78, 5) is 20.1. The normalized spacial score (nSPS) is 11.1. The second-order valence-electron chi connectivity index (χ2n) is 7.58. The largest absolute Gasteiger partial charge is 0.462 e. The zero-order valence-electron chi connectivity index (χ0n) is 17.2. The molecule has 0 fully saturated rings. The fourth-order valence-electron chi connectivity index (χ4n) is 3.85. The molecule has 0 radical (unpaired) electrons. The van der Waals surface area contributed by atoms with Crippen LogP contribution in [0.3, 0.4) is 0 Å². The number of nitrogens with two attached hydrogens (primary N) is 1. The Hall–Kier alpha value is -4.39. The van der Waals surface area contributed by atoms with Gasteiger partial charge in [0.2, 0.25) is 0 Å². The number of rotatable bonds is 6. The lowest BCUT2D eigenvalue weighted by molar-refractivity contribution is 0.0954. The molecular formula is C25H21N5O2. The predicted octanol–water partition coefficient (Wildman–Crippen LogP) is 4.23. The smallest absolute Gasteiger partial charge is 0.251 e. The maximum absolute atomic E-state index is 12.6. The summed E-state index contributed by atoms with van der Waals surface area (Å²) in [5, 5.41) is 12.6. The Bertz CT molecular complexity index is 1450. The topological polar surface area (TPSA) is 121 Å². The van der Waals surface area contributed by atoms with Gasteiger partial charge in [-0.05, 0) is 48.4 Å². The van der Waals surface area contributed by atoms with Crippen molar-refractivity contribution in [3.05, 3.63) is 89.9 Å². The minimum atomic E-state index is -0.132. The molecule has 0 atom stereocenters. The van der Waals surface area contributed by atoms with Crippen molar-refractivity contribution in [2.75, 3.05) is 6.54 Å². The molecule has 0 bridgehead atoms. The monoisotopic (exact) mass is 423 g/mol. The van der Waals surface area contributed by atoms with Gasteiger partial charge in [-0.2, -0.15) is 0 Å². The van der Waals surface area contributed by atoms with E-state index in [0.717, 1.165) is 38.7 Å². The van der Waals surface area contributed by atoms with Crippen molar-refractivity contribution in [3.8, 4) is 11.3 Å². The lowest BCUT2D eigenvalue weighted by Gasteiger charge is -2.07. The molecule has 0 aliphatic rings. The maximum atomic E-state index is 12.6. The van der Waals surface area contributed by atoms with Crippen molar-refractivity contribution in [2.45, 2.75) is 6.42 Å². The van der Waals surface area contributed by atoms with Gasteiger partial charge in [0.15, 0.2) is 5.58 Å². The van der Waals surface area contributed by atoms with E-state index in [1.807, 2.05) is 42.5 Å². The summed E-state index contributed by atoms with van der Waals surface area (Å²) in [6.07, 6.45) is 5.81. The molecule has 5 aromatic rings. The first-order valence-corrected chi connectivity index (χ1v) is 10.3. The molecule has 3 aromatic heterocycles. The fraction of sp³-hybridized carbons (Fsp3) is 0.0800. The van der Waals surface area contributed by atoms with Crippen molar-refractivity contribution in [1.29, 1.82) is 5.41 Å². The number of fused-ring (bicyclic) bond motifs is 2. The van der Waals surface area contributed by atoms with Gasteiger partial charge in [0, 0.05) is 51.9 Å². The van der Waals surface area contributed by atoms with Crippen LogP contribution in [0.1, 0.15) is 21.5 Å². The zero-order valence-corrected chi connectivity index (χ0v) is 17.2. The molecule has 1 amide bonds. The van der Waals surface area contributed by atoms with E-state index in [1.54, 1.807) is 30.8 Å². The Labute approximate surface area is 183 Å². The first-order valence-electron chi connectivity index (χ1n) is 10.3. The van der Waals surface area contributed by atoms with E-state index >= 15 is 0 Å². The van der Waals surface area contributed by atoms with Gasteiger partial charge in [-0.15, -0.1) is 0 Å². The fourth-order valence-corrected chi connectivity index (χ4v) is 3.85. The number of H-pyrrole nitrogens is 1. The quantitative estimate of drug-likeness (QED) is 0.241. The molecule has 7 heteroatoms. The Morgan fingerprint density at radius 2 is 1.97 bits per heavy atom. The Kier molecular flexibility index (Phi) is 4.91. The number of nitrogens with one attached hydrogen (secondary N) is 3. The van der Waals surface area contributed by atoms with Crippen molar-refractivity contribution < 1.29 is 9.21 Å². The molecule has 0 unspecified atom stereocenters. The van der Waals surface area contributed by atoms with E-state index in [0.29, 0.717) is 24.1 Å². The standard InChI is InChI=1S/C25H21N5O2/c26-24(27)20-14-30-21-6-1-15(13-19(20)21)7-10-29-25(31)18-4-2-16(3-5-18)22-23-17(8-11-28-22)9-12-32-23/h1-6,8-9,11-14,30H,7,10H2,(H3,26,27)(H,29,31). The molecule has 2 aromatic carbocycles. The van der Waals surface area contributed by atoms with Crippen LogP contribution in [0, 0.1) is 5.41 Å². The summed E-state index contributed by atoms with van der Waals surface area (Å²) in [6, 6.07) is 17.1. The second-order valence-corrected chi connectivity index (χ2v) is 7.58. The molecule has 0 spiro atoms. The van der Waals surface area contributed by atoms with E-state index in [2.05, 4.69) is 15.3 Å². The first kappa shape index (κ1) is 19.6. The Balaban J connectivity index is 1.25. The number of amides is 1. The van der Waals surface area contributed by atoms with Gasteiger partial charge < -0.3 is 20.5 Å². The van der Waals surface area contributed by atoms with Gasteiger partial charge in [-0.25, -0.2) is 0 Å². The third-order valence-electron chi connectivity index (χ3n) is 5.52. The highest BCUT2D eigenvalue weighted by atomic mass is 16.3. The van der Waals surface area contributed by atoms with Gasteiger partial charge in [0.1, 0.15) is 11.5 Å². The molecule has 5 N–H and O–H groups in total. The third-order valence-corrected chi connectivity index (χ3v) is 5.52. The highest BCUT2D eigenvalue weighted by Crippen LogP contribution is 2.27. The lowest BCUT2D eigenvalue weighted by Crippen LogP contribution is -2.25. The van der Waals surface area contributed by atoms with Crippen LogP contribution < -0.4 is 11.1 Å². The van der Waals surface area contributed by atoms with E-state index in [1.165, 1.54) is 0 Å². The molecule has 5 rings (SSSR count). The van der Waals surface area contributed by atoms with Crippen LogP contribution in [0.2, 0.25) is 0 Å². The van der Waals surface area contributed by atoms with E-state index in [-0.39, 0.29) is 11.7 Å². The highest BCUT2D eigenvalue weighted by Gasteiger charge is 2.11. The van der Waals surface area contributed by atoms with Crippen LogP contribution in [0.4, 0.5) is 0 Å². The Morgan fingerprint density at radius 1 is 1.12 bits per heavy atom. The molecule has 0 saturated carbocycles. The molecule has 0 aliphatic carbocycles. The molecule has 7 nitrogen and oxygen atoms in total. The second kappa shape index (κ2) is 8.03. The number of aromatic amines is 1. The molecule has 3 heterocycles. The van der Waals surface area contributed by atoms with Crippen molar-refractivity contribution >= 4 is 33.6 Å². The van der Waals surface area contributed by atoms with Crippen LogP contribution in [0.25, 0.3) is 33.1 Å². The van der Waals surface area contributed by atoms with E-state index in [4.69, 9.17) is 15.6 Å². The predicted molar refractivity (Wildman–Crippen MR) is 125 cm³/mol. The average molecular weight is 423 g/mol. The minimum absolute atomic E-state index is 0.0311. The van der Waals surface area contributed by atoms with Gasteiger partial charge in [0.05, 0.1) is 6.26 Å². The third kappa shape index (κ3) is 3.60. The van der Waals surface area contributed by atoms with Crippen LogP contribution >= 0.6 is 0 Å². The molecule has 0 aliphatic heterocycles. The van der Waals surface area contributed by atoms with Crippen molar-refractivity contribution in [2.24, 2.45) is 5.73 Å². The Morgan fingerprint density at radius 3 is 2.78 bits per heavy atom. The summed E-state index contributed by atoms with van der Waals surface area (Å²) in [5.74, 6) is -0.100. The number of carbonyl (C=O) groups excluding carboxylic acids is 1. The number of hydrogen-bond donors (Lipinski definition) is 4. The highest BCUT2D eigenvalue weighted by molar-refractivity contribution is 6.07. The molecule has 158 valence electrons. The van der Waals surface area contributed by atoms with Crippen molar-refractivity contribution in [3.63, 3.8) is 0 Å². The summed E-state index contributed by atoms with van der Waals surface area (Å²) in [7, 11) is 0. The van der Waals surface area contributed by atoms with Crippen LogP contribution in [-0.4, -0.2) is 28.3 Å². The number of nitrogens with zero attached hydrogens (tertiary/aromatic N) is 1. The SMILES string of the molecule is N=C(N)c1c[nH]c2ccc(CCNC(=O)c3ccc(-c4nccc5ccoc45)cc3)cc12. The molecule has 32 heavy (non-hydrogen) atoms. The zero-order chi connectivity index (χ0) is 22.1. The van der Waals surface area contributed by atoms with Crippen LogP contribution in [0.15, 0.2) is 77.7 Å². The lowest BCUT2D eigenvalue weighted by atomic mass is 10.1. The molecular weight excluding hydrogens is 402 g/mol. The van der Waals surface area contributed by atoms with Gasteiger partial charge in [0.25, 0.3) is 5.91 Å². The number of benzene rings is 2. The van der Waals surface area contributed by atoms with Crippen LogP contribution in [-0.2, 0) is 6.42 Å². The number of pyridine rings is 1. The first-order chi connectivity index (χ1) is 15.6. The number of nitrogen functional groups attached to an aromatic ring is 1. The minimum Gasteiger partial charge on any atom is -0.462 e. The number of furan rings is 1. The average Bonchev–Trinajstić information content (AvgIpc) is 3.46. The summed E-state index contributed by atoms with van der Waals surface area (Å²) in [5.41, 5.74) is 11.3. The summed E-state index contributed by atoms with van der Waals surface area (Å²) in [6.45, 7) is 0.499. The van der Waals surface area contributed by atoms with Crippen LogP contribution in [0.5, 0.6) is 0 Å². The van der Waals surface area contributed by atoms with Gasteiger partial charge in [-0.1, -0.05) is 18.2 Å². The van der Waals surface area contributed by atoms with E-state index < -0.39 is 0 Å². The van der Waals surface area contributed by atoms with Gasteiger partial charge >= 0.3 is 0 Å². The number of carbonyl (C=O) groups is 1. The van der Waals surface area contributed by atoms with E-state index in [9.17, 15) is 4.79 Å². The number of aromatic nitrogens is 2. The number of amidine groups is 1. The molecule has 0 saturated heterocycles. The number of hydrogen-bond acceptors (Lipinski definition) is 4. The maximum Gasteiger partial charge on any atom is 0.251 e. The van der Waals surface area contributed by atoms with Crippen molar-refractivity contribution in [1.82, 2.24) is 15.3 Å².